The van der Waals surface area contributed by atoms with Gasteiger partial charge in [-0.05, 0) is 13.8 Å². The lowest BCUT2D eigenvalue weighted by atomic mass is 10.3. The van der Waals surface area contributed by atoms with Gasteiger partial charge in [0, 0.05) is 6.54 Å². The largest absolute Gasteiger partial charge is 0.480 e. The first-order valence-electron chi connectivity index (χ1n) is 4.24. The number of terminal acetylenes is 1. The van der Waals surface area contributed by atoms with Gasteiger partial charge < -0.3 is 15.3 Å². The van der Waals surface area contributed by atoms with Crippen LogP contribution in [0, 0.1) is 12.3 Å². The van der Waals surface area contributed by atoms with E-state index in [1.54, 1.807) is 13.8 Å². The maximum atomic E-state index is 11.3. The Labute approximate surface area is 83.1 Å². The minimum atomic E-state index is -1.05. The van der Waals surface area contributed by atoms with Crippen molar-refractivity contribution in [3.63, 3.8) is 0 Å². The molecule has 0 spiro atoms. The van der Waals surface area contributed by atoms with Crippen molar-refractivity contribution >= 4 is 12.0 Å². The van der Waals surface area contributed by atoms with Gasteiger partial charge in [0.25, 0.3) is 0 Å². The van der Waals surface area contributed by atoms with Gasteiger partial charge in [0.15, 0.2) is 0 Å². The third kappa shape index (κ3) is 4.36. The Morgan fingerprint density at radius 2 is 2.21 bits per heavy atom. The zero-order chi connectivity index (χ0) is 11.1. The third-order valence-corrected chi connectivity index (χ3v) is 1.59. The summed E-state index contributed by atoms with van der Waals surface area (Å²) in [7, 11) is 0. The van der Waals surface area contributed by atoms with Crippen LogP contribution in [0.5, 0.6) is 0 Å². The van der Waals surface area contributed by atoms with Crippen molar-refractivity contribution in [3.8, 4) is 12.3 Å². The highest BCUT2D eigenvalue weighted by atomic mass is 16.4. The molecule has 0 bridgehead atoms. The molecule has 2 N–H and O–H groups in total. The molecule has 0 aliphatic rings. The van der Waals surface area contributed by atoms with Crippen molar-refractivity contribution in [1.29, 1.82) is 0 Å². The number of nitrogens with one attached hydrogen (secondary N) is 1. The summed E-state index contributed by atoms with van der Waals surface area (Å²) in [5.74, 6) is 1.28. The quantitative estimate of drug-likeness (QED) is 0.630. The Balaban J connectivity index is 4.19. The molecule has 0 aromatic rings. The first kappa shape index (κ1) is 12.3. The highest BCUT2D eigenvalue weighted by molar-refractivity contribution is 5.80. The molecular formula is C9H14N2O3. The van der Waals surface area contributed by atoms with Gasteiger partial charge in [0.05, 0.1) is 6.04 Å². The zero-order valence-electron chi connectivity index (χ0n) is 8.28. The van der Waals surface area contributed by atoms with Gasteiger partial charge in [0.2, 0.25) is 0 Å². The number of aliphatic carboxylic acids is 1. The first-order valence-corrected chi connectivity index (χ1v) is 4.24. The number of nitrogens with zero attached hydrogens (tertiary/aromatic N) is 1. The first-order chi connectivity index (χ1) is 6.51. The van der Waals surface area contributed by atoms with Gasteiger partial charge in [-0.3, -0.25) is 4.79 Å². The molecule has 0 heterocycles. The van der Waals surface area contributed by atoms with E-state index in [1.165, 1.54) is 0 Å². The Morgan fingerprint density at radius 1 is 1.64 bits per heavy atom. The fraction of sp³-hybridized carbons (Fsp3) is 0.556. The third-order valence-electron chi connectivity index (χ3n) is 1.59. The summed E-state index contributed by atoms with van der Waals surface area (Å²) >= 11 is 0. The fourth-order valence-electron chi connectivity index (χ4n) is 0.809. The van der Waals surface area contributed by atoms with Crippen LogP contribution in [-0.2, 0) is 4.79 Å². The minimum absolute atomic E-state index is 0.320. The molecule has 0 saturated heterocycles. The van der Waals surface area contributed by atoms with E-state index >= 15 is 0 Å². The maximum Gasteiger partial charge on any atom is 0.323 e. The summed E-state index contributed by atoms with van der Waals surface area (Å²) in [5, 5.41) is 11.0. The Morgan fingerprint density at radius 3 is 2.57 bits per heavy atom. The van der Waals surface area contributed by atoms with Crippen LogP contribution in [0.1, 0.15) is 13.8 Å². The number of rotatable bonds is 4. The van der Waals surface area contributed by atoms with E-state index in [-0.39, 0.29) is 6.54 Å². The van der Waals surface area contributed by atoms with Gasteiger partial charge >= 0.3 is 12.0 Å². The number of amides is 2. The van der Waals surface area contributed by atoms with Crippen LogP contribution in [0.25, 0.3) is 0 Å². The molecule has 2 amide bonds. The number of carboxylic acids is 1. The molecule has 1 atom stereocenters. The zero-order valence-corrected chi connectivity index (χ0v) is 8.28. The number of carboxylic acid groups (broad SMARTS) is 1. The molecule has 0 aromatic heterocycles. The minimum Gasteiger partial charge on any atom is -0.480 e. The Hall–Kier alpha value is -1.70. The summed E-state index contributed by atoms with van der Waals surface area (Å²) in [6.45, 7) is 3.35. The lowest BCUT2D eigenvalue weighted by molar-refractivity contribution is -0.137. The summed E-state index contributed by atoms with van der Waals surface area (Å²) in [6.07, 6.45) is 5.06. The van der Waals surface area contributed by atoms with Crippen LogP contribution in [0.3, 0.4) is 0 Å². The van der Waals surface area contributed by atoms with E-state index in [1.807, 2.05) is 0 Å². The molecule has 14 heavy (non-hydrogen) atoms. The summed E-state index contributed by atoms with van der Waals surface area (Å²) in [6, 6.07) is -0.856. The highest BCUT2D eigenvalue weighted by Crippen LogP contribution is 1.90. The lowest BCUT2D eigenvalue weighted by Gasteiger charge is -2.20. The van der Waals surface area contributed by atoms with Crippen LogP contribution in [-0.4, -0.2) is 41.1 Å². The topological polar surface area (TPSA) is 69.6 Å². The van der Waals surface area contributed by atoms with Crippen molar-refractivity contribution in [2.24, 2.45) is 0 Å². The van der Waals surface area contributed by atoms with E-state index in [0.29, 0.717) is 6.54 Å². The number of hydrogen-bond acceptors (Lipinski definition) is 2. The van der Waals surface area contributed by atoms with E-state index in [2.05, 4.69) is 11.2 Å². The number of likely N-dealkylation sites (N-methyl/N-ethyl adjacent to an activating group) is 1. The molecule has 0 saturated carbocycles. The highest BCUT2D eigenvalue weighted by Gasteiger charge is 2.15. The molecule has 0 radical (unpaired) electrons. The van der Waals surface area contributed by atoms with Crippen molar-refractivity contribution in [2.45, 2.75) is 19.9 Å². The van der Waals surface area contributed by atoms with Crippen LogP contribution in [0.15, 0.2) is 0 Å². The van der Waals surface area contributed by atoms with Crippen LogP contribution in [0.2, 0.25) is 0 Å². The predicted molar refractivity (Wildman–Crippen MR) is 51.7 cm³/mol. The molecular weight excluding hydrogens is 184 g/mol. The van der Waals surface area contributed by atoms with Crippen LogP contribution >= 0.6 is 0 Å². The molecule has 0 aliphatic carbocycles. The van der Waals surface area contributed by atoms with Gasteiger partial charge in [-0.25, -0.2) is 4.79 Å². The second kappa shape index (κ2) is 5.86. The van der Waals surface area contributed by atoms with Gasteiger partial charge in [-0.15, -0.1) is 6.42 Å². The second-order valence-electron chi connectivity index (χ2n) is 2.75. The number of urea groups is 1. The van der Waals surface area contributed by atoms with Crippen LogP contribution in [0.4, 0.5) is 4.79 Å². The second-order valence-corrected chi connectivity index (χ2v) is 2.75. The number of hydrogen-bond donors (Lipinski definition) is 2. The normalized spacial score (nSPS) is 11.2. The monoisotopic (exact) mass is 198 g/mol. The van der Waals surface area contributed by atoms with E-state index in [9.17, 15) is 9.59 Å². The number of carbonyl (C=O) groups excluding carboxylic acids is 1. The number of carbonyl (C=O) groups is 2. The Bertz CT molecular complexity index is 257. The molecule has 5 heteroatoms. The molecule has 5 nitrogen and oxygen atoms in total. The molecule has 0 rings (SSSR count). The van der Waals surface area contributed by atoms with Crippen molar-refractivity contribution in [3.05, 3.63) is 0 Å². The summed E-state index contributed by atoms with van der Waals surface area (Å²) < 4.78 is 0. The lowest BCUT2D eigenvalue weighted by Crippen LogP contribution is -2.45. The van der Waals surface area contributed by atoms with Gasteiger partial charge in [0.1, 0.15) is 6.54 Å². The molecule has 1 unspecified atom stereocenters. The summed E-state index contributed by atoms with van der Waals surface area (Å²) in [4.78, 5) is 22.9. The fourth-order valence-corrected chi connectivity index (χ4v) is 0.809. The van der Waals surface area contributed by atoms with E-state index in [4.69, 9.17) is 11.5 Å². The van der Waals surface area contributed by atoms with Gasteiger partial charge in [-0.2, -0.15) is 0 Å². The summed E-state index contributed by atoms with van der Waals surface area (Å²) in [5.41, 5.74) is 0. The standard InChI is InChI=1S/C9H14N2O3/c1-4-7(3)10-9(14)11(5-2)6-8(12)13/h1,7H,5-6H2,2-3H3,(H,10,14)(H,12,13). The average molecular weight is 198 g/mol. The smallest absolute Gasteiger partial charge is 0.323 e. The SMILES string of the molecule is C#CC(C)NC(=O)N(CC)CC(=O)O. The van der Waals surface area contributed by atoms with E-state index in [0.717, 1.165) is 4.90 Å². The van der Waals surface area contributed by atoms with Crippen molar-refractivity contribution in [1.82, 2.24) is 10.2 Å². The average Bonchev–Trinajstić information content (AvgIpc) is 2.13. The van der Waals surface area contributed by atoms with Crippen molar-refractivity contribution in [2.75, 3.05) is 13.1 Å². The van der Waals surface area contributed by atoms with Crippen LogP contribution < -0.4 is 5.32 Å². The van der Waals surface area contributed by atoms with Gasteiger partial charge in [-0.1, -0.05) is 5.92 Å². The molecule has 0 aliphatic heterocycles. The molecule has 78 valence electrons. The Kier molecular flexibility index (Phi) is 5.15. The maximum absolute atomic E-state index is 11.3. The van der Waals surface area contributed by atoms with Crippen molar-refractivity contribution < 1.29 is 14.7 Å². The molecule has 0 aromatic carbocycles. The predicted octanol–water partition coefficient (Wildman–Crippen LogP) is 0.124. The molecule has 0 fully saturated rings. The van der Waals surface area contributed by atoms with E-state index < -0.39 is 18.0 Å².